The molecule has 2 aliphatic rings. The summed E-state index contributed by atoms with van der Waals surface area (Å²) < 4.78 is 38.9. The summed E-state index contributed by atoms with van der Waals surface area (Å²) in [6, 6.07) is 6.25. The summed E-state index contributed by atoms with van der Waals surface area (Å²) in [5.74, 6) is -1.59. The van der Waals surface area contributed by atoms with Gasteiger partial charge < -0.3 is 9.80 Å². The van der Waals surface area contributed by atoms with Crippen molar-refractivity contribution in [2.45, 2.75) is 38.4 Å². The van der Waals surface area contributed by atoms with Crippen molar-refractivity contribution in [3.05, 3.63) is 29.3 Å². The van der Waals surface area contributed by atoms with Gasteiger partial charge in [0.25, 0.3) is 0 Å². The third-order valence-electron chi connectivity index (χ3n) is 5.05. The zero-order valence-electron chi connectivity index (χ0n) is 14.3. The van der Waals surface area contributed by atoms with Gasteiger partial charge in [-0.05, 0) is 37.8 Å². The van der Waals surface area contributed by atoms with Gasteiger partial charge in [0.05, 0.1) is 16.6 Å². The van der Waals surface area contributed by atoms with E-state index in [0.717, 1.165) is 17.7 Å². The number of hydrogen-bond acceptors (Lipinski definition) is 2. The highest BCUT2D eigenvalue weighted by atomic mass is 35.5. The number of alkyl halides is 3. The van der Waals surface area contributed by atoms with Crippen molar-refractivity contribution in [1.29, 1.82) is 0 Å². The number of amides is 2. The molecule has 2 atom stereocenters. The Morgan fingerprint density at radius 3 is 2.58 bits per heavy atom. The molecule has 3 rings (SSSR count). The van der Waals surface area contributed by atoms with Crippen molar-refractivity contribution in [3.63, 3.8) is 0 Å². The first kappa shape index (κ1) is 19.0. The van der Waals surface area contributed by atoms with E-state index in [-0.39, 0.29) is 24.8 Å². The van der Waals surface area contributed by atoms with Crippen LogP contribution in [0.1, 0.15) is 26.2 Å². The standard InChI is InChI=1S/C18H20ClF3N2O2/c1-11(12-6-7-12)24(10-18(20,21)22)17(26)13-8-16(25)23(9-13)15-5-3-2-4-14(15)19/h2-5,11-13H,6-10H2,1H3/t11-,13+/m1/s1. The van der Waals surface area contributed by atoms with Gasteiger partial charge in [-0.1, -0.05) is 23.7 Å². The molecule has 0 N–H and O–H groups in total. The van der Waals surface area contributed by atoms with Gasteiger partial charge in [-0.2, -0.15) is 13.2 Å². The third-order valence-corrected chi connectivity index (χ3v) is 5.37. The van der Waals surface area contributed by atoms with Crippen LogP contribution in [0.2, 0.25) is 5.02 Å². The molecular weight excluding hydrogens is 369 g/mol. The number of halogens is 4. The average Bonchev–Trinajstić information content (AvgIpc) is 3.34. The SMILES string of the molecule is C[C@H](C1CC1)N(CC(F)(F)F)C(=O)[C@H]1CC(=O)N(c2ccccc2Cl)C1. The van der Waals surface area contributed by atoms with Crippen molar-refractivity contribution in [3.8, 4) is 0 Å². The maximum Gasteiger partial charge on any atom is 0.406 e. The molecule has 1 heterocycles. The van der Waals surface area contributed by atoms with Crippen LogP contribution in [0.4, 0.5) is 18.9 Å². The van der Waals surface area contributed by atoms with E-state index in [1.165, 1.54) is 4.90 Å². The van der Waals surface area contributed by atoms with Crippen LogP contribution in [0.25, 0.3) is 0 Å². The molecule has 8 heteroatoms. The maximum absolute atomic E-state index is 13.0. The van der Waals surface area contributed by atoms with Crippen molar-refractivity contribution in [2.75, 3.05) is 18.0 Å². The molecule has 1 saturated carbocycles. The average molecular weight is 389 g/mol. The highest BCUT2D eigenvalue weighted by molar-refractivity contribution is 6.33. The van der Waals surface area contributed by atoms with Gasteiger partial charge in [0.15, 0.2) is 0 Å². The minimum atomic E-state index is -4.47. The van der Waals surface area contributed by atoms with Crippen LogP contribution in [-0.2, 0) is 9.59 Å². The highest BCUT2D eigenvalue weighted by Gasteiger charge is 2.45. The molecule has 26 heavy (non-hydrogen) atoms. The van der Waals surface area contributed by atoms with Gasteiger partial charge >= 0.3 is 6.18 Å². The Balaban J connectivity index is 1.77. The van der Waals surface area contributed by atoms with E-state index in [1.807, 2.05) is 0 Å². The summed E-state index contributed by atoms with van der Waals surface area (Å²) >= 11 is 6.11. The summed E-state index contributed by atoms with van der Waals surface area (Å²) in [5, 5.41) is 0.368. The summed E-state index contributed by atoms with van der Waals surface area (Å²) in [7, 11) is 0. The van der Waals surface area contributed by atoms with Gasteiger partial charge in [-0.15, -0.1) is 0 Å². The molecule has 142 valence electrons. The zero-order valence-corrected chi connectivity index (χ0v) is 15.1. The monoisotopic (exact) mass is 388 g/mol. The lowest BCUT2D eigenvalue weighted by atomic mass is 10.0. The normalized spacial score (nSPS) is 21.8. The molecule has 1 saturated heterocycles. The largest absolute Gasteiger partial charge is 0.406 e. The Hall–Kier alpha value is -1.76. The molecule has 2 amide bonds. The number of carbonyl (C=O) groups excluding carboxylic acids is 2. The van der Waals surface area contributed by atoms with Gasteiger partial charge in [0, 0.05) is 19.0 Å². The summed E-state index contributed by atoms with van der Waals surface area (Å²) in [5.41, 5.74) is 0.479. The fourth-order valence-electron chi connectivity index (χ4n) is 3.46. The van der Waals surface area contributed by atoms with Crippen molar-refractivity contribution >= 4 is 29.1 Å². The molecule has 1 aromatic carbocycles. The molecule has 0 bridgehead atoms. The third kappa shape index (κ3) is 4.14. The number of benzene rings is 1. The number of anilines is 1. The van der Waals surface area contributed by atoms with Gasteiger partial charge in [0.2, 0.25) is 11.8 Å². The number of rotatable bonds is 5. The Kier molecular flexibility index (Phi) is 5.19. The molecule has 1 aliphatic carbocycles. The Labute approximate surface area is 154 Å². The van der Waals surface area contributed by atoms with Gasteiger partial charge in [0.1, 0.15) is 6.54 Å². The lowest BCUT2D eigenvalue weighted by Crippen LogP contribution is -2.48. The molecule has 0 radical (unpaired) electrons. The summed E-state index contributed by atoms with van der Waals surface area (Å²) in [6.07, 6.45) is -2.91. The predicted molar refractivity (Wildman–Crippen MR) is 91.9 cm³/mol. The molecular formula is C18H20ClF3N2O2. The first-order valence-electron chi connectivity index (χ1n) is 8.59. The first-order valence-corrected chi connectivity index (χ1v) is 8.97. The van der Waals surface area contributed by atoms with Crippen LogP contribution in [0.15, 0.2) is 24.3 Å². The van der Waals surface area contributed by atoms with Gasteiger partial charge in [-0.3, -0.25) is 9.59 Å². The van der Waals surface area contributed by atoms with E-state index in [9.17, 15) is 22.8 Å². The summed E-state index contributed by atoms with van der Waals surface area (Å²) in [6.45, 7) is 0.428. The molecule has 1 aliphatic heterocycles. The second kappa shape index (κ2) is 7.10. The number of carbonyl (C=O) groups is 2. The second-order valence-corrected chi connectivity index (χ2v) is 7.42. The fraction of sp³-hybridized carbons (Fsp3) is 0.556. The van der Waals surface area contributed by atoms with Crippen LogP contribution in [0.5, 0.6) is 0 Å². The lowest BCUT2D eigenvalue weighted by Gasteiger charge is -2.32. The predicted octanol–water partition coefficient (Wildman–Crippen LogP) is 3.88. The fourth-order valence-corrected chi connectivity index (χ4v) is 3.70. The van der Waals surface area contributed by atoms with Gasteiger partial charge in [-0.25, -0.2) is 0 Å². The quantitative estimate of drug-likeness (QED) is 0.768. The highest BCUT2D eigenvalue weighted by Crippen LogP contribution is 2.38. The minimum absolute atomic E-state index is 0.0488. The molecule has 0 aromatic heterocycles. The lowest BCUT2D eigenvalue weighted by molar-refractivity contribution is -0.168. The van der Waals surface area contributed by atoms with Crippen LogP contribution < -0.4 is 4.90 Å². The molecule has 0 spiro atoms. The van der Waals surface area contributed by atoms with E-state index in [1.54, 1.807) is 31.2 Å². The van der Waals surface area contributed by atoms with E-state index in [0.29, 0.717) is 10.7 Å². The van der Waals surface area contributed by atoms with E-state index >= 15 is 0 Å². The molecule has 1 aromatic rings. The first-order chi connectivity index (χ1) is 12.2. The van der Waals surface area contributed by atoms with Crippen LogP contribution in [0, 0.1) is 11.8 Å². The number of para-hydroxylation sites is 1. The number of nitrogens with zero attached hydrogens (tertiary/aromatic N) is 2. The topological polar surface area (TPSA) is 40.6 Å². The smallest absolute Gasteiger partial charge is 0.330 e. The Morgan fingerprint density at radius 1 is 1.35 bits per heavy atom. The van der Waals surface area contributed by atoms with E-state index in [2.05, 4.69) is 0 Å². The van der Waals surface area contributed by atoms with E-state index < -0.39 is 30.6 Å². The summed E-state index contributed by atoms with van der Waals surface area (Å²) in [4.78, 5) is 27.5. The van der Waals surface area contributed by atoms with Crippen LogP contribution >= 0.6 is 11.6 Å². The van der Waals surface area contributed by atoms with E-state index in [4.69, 9.17) is 11.6 Å². The molecule has 0 unspecified atom stereocenters. The van der Waals surface area contributed by atoms with Crippen molar-refractivity contribution < 1.29 is 22.8 Å². The van der Waals surface area contributed by atoms with Crippen molar-refractivity contribution in [2.24, 2.45) is 11.8 Å². The Bertz CT molecular complexity index is 706. The second-order valence-electron chi connectivity index (χ2n) is 7.02. The minimum Gasteiger partial charge on any atom is -0.330 e. The molecule has 2 fully saturated rings. The Morgan fingerprint density at radius 2 is 2.00 bits per heavy atom. The number of hydrogen-bond donors (Lipinski definition) is 0. The van der Waals surface area contributed by atoms with Crippen LogP contribution in [-0.4, -0.2) is 42.0 Å². The van der Waals surface area contributed by atoms with Crippen LogP contribution in [0.3, 0.4) is 0 Å². The van der Waals surface area contributed by atoms with Crippen molar-refractivity contribution in [1.82, 2.24) is 4.90 Å². The maximum atomic E-state index is 13.0. The zero-order chi connectivity index (χ0) is 19.1. The molecule has 4 nitrogen and oxygen atoms in total.